The van der Waals surface area contributed by atoms with Crippen LogP contribution in [0.2, 0.25) is 0 Å². The molecule has 5 nitrogen and oxygen atoms in total. The predicted octanol–water partition coefficient (Wildman–Crippen LogP) is 11.5. The second-order valence-electron chi connectivity index (χ2n) is 14.1. The van der Waals surface area contributed by atoms with Crippen molar-refractivity contribution in [3.05, 3.63) is 120 Å². The lowest BCUT2D eigenvalue weighted by Crippen LogP contribution is -2.45. The third-order valence-corrected chi connectivity index (χ3v) is 9.81. The zero-order chi connectivity index (χ0) is 36.0. The summed E-state index contributed by atoms with van der Waals surface area (Å²) in [6.45, 7) is 8.29. The Morgan fingerprint density at radius 2 is 1.10 bits per heavy atom. The highest BCUT2D eigenvalue weighted by atomic mass is 16.5. The number of rotatable bonds is 25. The fraction of sp³-hybridized carbons (Fsp3) is 0.543. The summed E-state index contributed by atoms with van der Waals surface area (Å²) in [5, 5.41) is 8.52. The normalized spacial score (nSPS) is 13.4. The lowest BCUT2D eigenvalue weighted by molar-refractivity contribution is -0.137. The van der Waals surface area contributed by atoms with Crippen LogP contribution < -0.4 is 0 Å². The number of nitrogens with zero attached hydrogens (tertiary/aromatic N) is 2. The van der Waals surface area contributed by atoms with Gasteiger partial charge in [-0.15, -0.1) is 0 Å². The van der Waals surface area contributed by atoms with E-state index in [1.807, 2.05) is 0 Å². The summed E-state index contributed by atoms with van der Waals surface area (Å²) in [7, 11) is 0. The van der Waals surface area contributed by atoms with Crippen molar-refractivity contribution in [2.24, 2.45) is 0 Å². The molecule has 1 aliphatic rings. The van der Waals surface area contributed by atoms with E-state index in [0.29, 0.717) is 6.42 Å². The average molecular weight is 697 g/mol. The topological polar surface area (TPSA) is 53.0 Å². The molecule has 0 radical (unpaired) electrons. The molecule has 1 aliphatic heterocycles. The minimum Gasteiger partial charge on any atom is -0.481 e. The van der Waals surface area contributed by atoms with E-state index in [1.54, 1.807) is 0 Å². The van der Waals surface area contributed by atoms with E-state index in [-0.39, 0.29) is 6.10 Å². The molecule has 3 aromatic rings. The molecule has 1 saturated heterocycles. The molecule has 0 spiro atoms. The Bertz CT molecular complexity index is 1220. The van der Waals surface area contributed by atoms with E-state index in [0.717, 1.165) is 58.6 Å². The first-order valence-corrected chi connectivity index (χ1v) is 20.3. The van der Waals surface area contributed by atoms with Crippen molar-refractivity contribution in [3.63, 3.8) is 0 Å². The van der Waals surface area contributed by atoms with Gasteiger partial charge in [0.15, 0.2) is 0 Å². The van der Waals surface area contributed by atoms with E-state index in [1.165, 1.54) is 100 Å². The molecule has 0 unspecified atom stereocenters. The number of hydrogen-bond donors (Lipinski definition) is 1. The molecule has 280 valence electrons. The monoisotopic (exact) mass is 697 g/mol. The molecule has 0 atom stereocenters. The van der Waals surface area contributed by atoms with Gasteiger partial charge >= 0.3 is 5.97 Å². The molecule has 1 heterocycles. The number of ether oxygens (including phenoxy) is 1. The quantitative estimate of drug-likeness (QED) is 0.0894. The van der Waals surface area contributed by atoms with Crippen LogP contribution in [0, 0.1) is 0 Å². The maximum atomic E-state index is 10.3. The Balaban J connectivity index is 0.000000306. The first-order chi connectivity index (χ1) is 25.2. The van der Waals surface area contributed by atoms with E-state index in [2.05, 4.69) is 120 Å². The summed E-state index contributed by atoms with van der Waals surface area (Å²) < 4.78 is 6.39. The van der Waals surface area contributed by atoms with Crippen molar-refractivity contribution in [1.82, 2.24) is 9.80 Å². The van der Waals surface area contributed by atoms with Crippen LogP contribution >= 0.6 is 0 Å². The number of carboxylic acids is 1. The van der Waals surface area contributed by atoms with Gasteiger partial charge in [-0.25, -0.2) is 0 Å². The Morgan fingerprint density at radius 1 is 0.647 bits per heavy atom. The Morgan fingerprint density at radius 3 is 1.57 bits per heavy atom. The highest BCUT2D eigenvalue weighted by Crippen LogP contribution is 2.25. The number of carbonyl (C=O) groups is 1. The van der Waals surface area contributed by atoms with Gasteiger partial charge < -0.3 is 14.7 Å². The van der Waals surface area contributed by atoms with Gasteiger partial charge in [0, 0.05) is 39.1 Å². The minimum absolute atomic E-state index is 0.00962. The summed E-state index contributed by atoms with van der Waals surface area (Å²) in [5.74, 6) is -0.653. The molecule has 0 bridgehead atoms. The van der Waals surface area contributed by atoms with Crippen molar-refractivity contribution >= 4 is 5.97 Å². The molecule has 1 fully saturated rings. The third-order valence-electron chi connectivity index (χ3n) is 9.81. The van der Waals surface area contributed by atoms with Crippen LogP contribution in [0.4, 0.5) is 0 Å². The number of aliphatic carboxylic acids is 1. The number of hydrogen-bond acceptors (Lipinski definition) is 4. The lowest BCUT2D eigenvalue weighted by atomic mass is 10.0. The highest BCUT2D eigenvalue weighted by Gasteiger charge is 2.17. The molecule has 0 aliphatic carbocycles. The Kier molecular flexibility index (Phi) is 23.2. The second-order valence-corrected chi connectivity index (χ2v) is 14.1. The number of carboxylic acid groups (broad SMARTS) is 1. The van der Waals surface area contributed by atoms with Crippen molar-refractivity contribution in [2.45, 2.75) is 122 Å². The molecule has 0 amide bonds. The number of piperazine rings is 1. The van der Waals surface area contributed by atoms with Crippen molar-refractivity contribution < 1.29 is 14.6 Å². The van der Waals surface area contributed by atoms with Crippen LogP contribution in [0.15, 0.2) is 103 Å². The lowest BCUT2D eigenvalue weighted by Gasteiger charge is -2.34. The molecule has 3 aromatic carbocycles. The van der Waals surface area contributed by atoms with Crippen LogP contribution in [0.3, 0.4) is 0 Å². The Labute approximate surface area is 311 Å². The van der Waals surface area contributed by atoms with Crippen LogP contribution in [0.5, 0.6) is 0 Å². The molecule has 0 saturated carbocycles. The van der Waals surface area contributed by atoms with Crippen LogP contribution in [0.25, 0.3) is 0 Å². The predicted molar refractivity (Wildman–Crippen MR) is 215 cm³/mol. The number of benzene rings is 3. The van der Waals surface area contributed by atoms with Crippen molar-refractivity contribution in [2.75, 3.05) is 39.3 Å². The maximum Gasteiger partial charge on any atom is 0.303 e. The van der Waals surface area contributed by atoms with Gasteiger partial charge in [0.2, 0.25) is 0 Å². The first kappa shape index (κ1) is 42.0. The molecule has 5 heteroatoms. The smallest absolute Gasteiger partial charge is 0.303 e. The zero-order valence-corrected chi connectivity index (χ0v) is 31.8. The van der Waals surface area contributed by atoms with Gasteiger partial charge in [0.05, 0.1) is 6.61 Å². The fourth-order valence-corrected chi connectivity index (χ4v) is 6.68. The highest BCUT2D eigenvalue weighted by molar-refractivity contribution is 5.66. The Hall–Kier alpha value is -3.41. The zero-order valence-electron chi connectivity index (χ0n) is 31.8. The number of unbranched alkanes of at least 4 members (excludes halogenated alkanes) is 14. The third kappa shape index (κ3) is 20.3. The van der Waals surface area contributed by atoms with Gasteiger partial charge in [0.25, 0.3) is 0 Å². The molecule has 1 N–H and O–H groups in total. The van der Waals surface area contributed by atoms with E-state index in [4.69, 9.17) is 9.84 Å². The van der Waals surface area contributed by atoms with Crippen molar-refractivity contribution in [1.29, 1.82) is 0 Å². The van der Waals surface area contributed by atoms with E-state index >= 15 is 0 Å². The van der Waals surface area contributed by atoms with Gasteiger partial charge in [-0.1, -0.05) is 194 Å². The maximum absolute atomic E-state index is 10.3. The minimum atomic E-state index is -0.653. The van der Waals surface area contributed by atoms with Crippen molar-refractivity contribution in [3.8, 4) is 0 Å². The first-order valence-electron chi connectivity index (χ1n) is 20.3. The summed E-state index contributed by atoms with van der Waals surface area (Å²) in [4.78, 5) is 15.3. The van der Waals surface area contributed by atoms with Gasteiger partial charge in [-0.2, -0.15) is 0 Å². The average Bonchev–Trinajstić information content (AvgIpc) is 3.17. The fourth-order valence-electron chi connectivity index (χ4n) is 6.68. The van der Waals surface area contributed by atoms with Crippen LogP contribution in [0.1, 0.15) is 132 Å². The van der Waals surface area contributed by atoms with Gasteiger partial charge in [0.1, 0.15) is 6.10 Å². The van der Waals surface area contributed by atoms with Crippen LogP contribution in [-0.4, -0.2) is 60.2 Å². The van der Waals surface area contributed by atoms with Crippen LogP contribution in [-0.2, 0) is 16.0 Å². The summed E-state index contributed by atoms with van der Waals surface area (Å²) in [6.07, 6.45) is 25.7. The molecule has 51 heavy (non-hydrogen) atoms. The standard InChI is InChI=1S/C28H32N2O.C18H36O2/c1-4-11-25(12-5-1)13-10-18-29-19-21-30(22-20-29)23-24-31-28(26-14-6-2-7-15-26)27-16-8-3-9-17-27;1-2-3-4-5-6-7-8-9-10-11-12-13-14-15-16-17-18(19)20/h1-12,14-18,28H,13,19-24H2;2-17H2,1H3,(H,19,20)/b18-10+;. The van der Waals surface area contributed by atoms with E-state index in [9.17, 15) is 4.79 Å². The van der Waals surface area contributed by atoms with E-state index < -0.39 is 5.97 Å². The largest absolute Gasteiger partial charge is 0.481 e. The second kappa shape index (κ2) is 28.2. The molecule has 4 rings (SSSR count). The molecular formula is C46H68N2O3. The molecular weight excluding hydrogens is 629 g/mol. The van der Waals surface area contributed by atoms with Gasteiger partial charge in [-0.3, -0.25) is 9.69 Å². The number of allylic oxidation sites excluding steroid dienone is 1. The SMILES string of the molecule is C(=C\N1CCN(CCOC(c2ccccc2)c2ccccc2)CC1)/Cc1ccccc1.CCCCCCCCCCCCCCCCCC(=O)O. The molecule has 0 aromatic heterocycles. The summed E-state index contributed by atoms with van der Waals surface area (Å²) in [6, 6.07) is 31.7. The summed E-state index contributed by atoms with van der Waals surface area (Å²) in [5.41, 5.74) is 3.78. The summed E-state index contributed by atoms with van der Waals surface area (Å²) >= 11 is 0. The van der Waals surface area contributed by atoms with Gasteiger partial charge in [-0.05, 0) is 35.7 Å².